The van der Waals surface area contributed by atoms with Gasteiger partial charge in [-0.25, -0.2) is 0 Å². The minimum Gasteiger partial charge on any atom is -0.496 e. The van der Waals surface area contributed by atoms with Gasteiger partial charge in [0.05, 0.1) is 12.5 Å². The predicted molar refractivity (Wildman–Crippen MR) is 96.2 cm³/mol. The third kappa shape index (κ3) is 3.04. The van der Waals surface area contributed by atoms with Crippen molar-refractivity contribution >= 4 is 5.91 Å². The molecule has 1 amide bonds. The zero-order chi connectivity index (χ0) is 17.2. The summed E-state index contributed by atoms with van der Waals surface area (Å²) in [5, 5.41) is 0. The maximum absolute atomic E-state index is 13.5. The molecule has 0 radical (unpaired) electrons. The third-order valence-corrected chi connectivity index (χ3v) is 6.06. The Balaban J connectivity index is 1.87. The quantitative estimate of drug-likeness (QED) is 0.923. The Morgan fingerprint density at radius 3 is 2.54 bits per heavy atom. The molecular weight excluding hydrogens is 300 g/mol. The first-order valence-electron chi connectivity index (χ1n) is 9.25. The van der Waals surface area contributed by atoms with E-state index in [4.69, 9.17) is 10.5 Å². The van der Waals surface area contributed by atoms with Gasteiger partial charge in [0, 0.05) is 13.1 Å². The van der Waals surface area contributed by atoms with Gasteiger partial charge in [-0.2, -0.15) is 0 Å². The number of carbonyl (C=O) groups excluding carboxylic acids is 1. The second-order valence-electron chi connectivity index (χ2n) is 7.44. The molecule has 3 rings (SSSR count). The summed E-state index contributed by atoms with van der Waals surface area (Å²) >= 11 is 0. The highest BCUT2D eigenvalue weighted by Crippen LogP contribution is 2.44. The maximum Gasteiger partial charge on any atom is 0.233 e. The summed E-state index contributed by atoms with van der Waals surface area (Å²) in [4.78, 5) is 15.5. The lowest BCUT2D eigenvalue weighted by Gasteiger charge is -2.38. The van der Waals surface area contributed by atoms with Crippen LogP contribution in [-0.2, 0) is 10.2 Å². The van der Waals surface area contributed by atoms with E-state index in [-0.39, 0.29) is 5.41 Å². The number of nitrogens with zero attached hydrogens (tertiary/aromatic N) is 1. The fourth-order valence-electron chi connectivity index (χ4n) is 4.40. The van der Waals surface area contributed by atoms with E-state index in [1.54, 1.807) is 7.11 Å². The first kappa shape index (κ1) is 17.3. The number of rotatable bonds is 4. The largest absolute Gasteiger partial charge is 0.496 e. The molecule has 1 aromatic carbocycles. The van der Waals surface area contributed by atoms with E-state index in [9.17, 15) is 4.79 Å². The van der Waals surface area contributed by atoms with Crippen LogP contribution in [0.5, 0.6) is 5.75 Å². The molecule has 2 fully saturated rings. The molecule has 1 heterocycles. The lowest BCUT2D eigenvalue weighted by atomic mass is 9.76. The van der Waals surface area contributed by atoms with E-state index < -0.39 is 0 Å². The number of piperidine rings is 1. The van der Waals surface area contributed by atoms with Crippen molar-refractivity contribution in [3.63, 3.8) is 0 Å². The Morgan fingerprint density at radius 1 is 1.29 bits per heavy atom. The molecule has 0 spiro atoms. The molecule has 1 aliphatic carbocycles. The number of carbonyl (C=O) groups is 1. The first-order valence-corrected chi connectivity index (χ1v) is 9.25. The Morgan fingerprint density at radius 2 is 1.96 bits per heavy atom. The number of amides is 1. The van der Waals surface area contributed by atoms with Crippen LogP contribution >= 0.6 is 0 Å². The minimum atomic E-state index is -0.351. The topological polar surface area (TPSA) is 55.6 Å². The van der Waals surface area contributed by atoms with Crippen LogP contribution in [0.4, 0.5) is 0 Å². The van der Waals surface area contributed by atoms with E-state index in [0.717, 1.165) is 75.0 Å². The van der Waals surface area contributed by atoms with Gasteiger partial charge in [-0.05, 0) is 62.3 Å². The van der Waals surface area contributed by atoms with E-state index in [0.29, 0.717) is 11.8 Å². The zero-order valence-corrected chi connectivity index (χ0v) is 15.0. The number of methoxy groups -OCH3 is 1. The maximum atomic E-state index is 13.5. The molecule has 0 bridgehead atoms. The van der Waals surface area contributed by atoms with Gasteiger partial charge in [0.2, 0.25) is 5.91 Å². The molecule has 4 nitrogen and oxygen atoms in total. The summed E-state index contributed by atoms with van der Waals surface area (Å²) in [6.45, 7) is 4.49. The van der Waals surface area contributed by atoms with Gasteiger partial charge in [0.1, 0.15) is 5.75 Å². The molecule has 1 aliphatic heterocycles. The summed E-state index contributed by atoms with van der Waals surface area (Å²) in [7, 11) is 1.70. The molecule has 2 N–H and O–H groups in total. The fourth-order valence-corrected chi connectivity index (χ4v) is 4.40. The Bertz CT molecular complexity index is 585. The number of ether oxygens (including phenoxy) is 1. The summed E-state index contributed by atoms with van der Waals surface area (Å²) in [6.07, 6.45) is 6.23. The van der Waals surface area contributed by atoms with Gasteiger partial charge >= 0.3 is 0 Å². The Kier molecular flexibility index (Phi) is 5.14. The van der Waals surface area contributed by atoms with Crippen molar-refractivity contribution < 1.29 is 9.53 Å². The summed E-state index contributed by atoms with van der Waals surface area (Å²) in [6, 6.07) is 6.31. The van der Waals surface area contributed by atoms with Gasteiger partial charge in [-0.1, -0.05) is 25.0 Å². The molecule has 0 atom stereocenters. The van der Waals surface area contributed by atoms with Gasteiger partial charge < -0.3 is 15.4 Å². The monoisotopic (exact) mass is 330 g/mol. The smallest absolute Gasteiger partial charge is 0.233 e. The summed E-state index contributed by atoms with van der Waals surface area (Å²) in [5.41, 5.74) is 7.69. The number of hydrogen-bond donors (Lipinski definition) is 1. The number of aryl methyl sites for hydroxylation is 1. The van der Waals surface area contributed by atoms with E-state index >= 15 is 0 Å². The highest BCUT2D eigenvalue weighted by Gasteiger charge is 2.45. The lowest BCUT2D eigenvalue weighted by molar-refractivity contribution is -0.138. The number of benzene rings is 1. The standard InChI is InChI=1S/C20H30N2O2/c1-15-5-6-17(13-18(15)24-2)20(9-3-4-10-20)19(23)22-11-7-16(14-21)8-12-22/h5-6,13,16H,3-4,7-12,14,21H2,1-2H3. The summed E-state index contributed by atoms with van der Waals surface area (Å²) < 4.78 is 5.51. The van der Waals surface area contributed by atoms with Gasteiger partial charge in [-0.15, -0.1) is 0 Å². The highest BCUT2D eigenvalue weighted by molar-refractivity contribution is 5.89. The number of nitrogens with two attached hydrogens (primary N) is 1. The molecule has 0 unspecified atom stereocenters. The van der Waals surface area contributed by atoms with Crippen LogP contribution in [0, 0.1) is 12.8 Å². The highest BCUT2D eigenvalue weighted by atomic mass is 16.5. The predicted octanol–water partition coefficient (Wildman–Crippen LogP) is 3.01. The molecule has 1 aromatic rings. The Labute approximate surface area is 145 Å². The van der Waals surface area contributed by atoms with Crippen LogP contribution in [0.3, 0.4) is 0 Å². The molecule has 24 heavy (non-hydrogen) atoms. The molecule has 1 saturated heterocycles. The summed E-state index contributed by atoms with van der Waals surface area (Å²) in [5.74, 6) is 1.78. The van der Waals surface area contributed by atoms with Crippen LogP contribution in [0.2, 0.25) is 0 Å². The van der Waals surface area contributed by atoms with Crippen LogP contribution in [0.25, 0.3) is 0 Å². The van der Waals surface area contributed by atoms with Gasteiger partial charge in [0.25, 0.3) is 0 Å². The second-order valence-corrected chi connectivity index (χ2v) is 7.44. The van der Waals surface area contributed by atoms with Gasteiger partial charge in [-0.3, -0.25) is 4.79 Å². The van der Waals surface area contributed by atoms with Gasteiger partial charge in [0.15, 0.2) is 0 Å². The molecule has 2 aliphatic rings. The fraction of sp³-hybridized carbons (Fsp3) is 0.650. The van der Waals surface area contributed by atoms with Crippen molar-refractivity contribution in [1.29, 1.82) is 0 Å². The number of hydrogen-bond acceptors (Lipinski definition) is 3. The molecule has 132 valence electrons. The third-order valence-electron chi connectivity index (χ3n) is 6.06. The van der Waals surface area contributed by atoms with E-state index in [1.165, 1.54) is 0 Å². The normalized spacial score (nSPS) is 21.0. The van der Waals surface area contributed by atoms with Crippen molar-refractivity contribution in [1.82, 2.24) is 4.90 Å². The molecule has 1 saturated carbocycles. The average molecular weight is 330 g/mol. The molecule has 0 aromatic heterocycles. The van der Waals surface area contributed by atoms with Crippen molar-refractivity contribution in [2.75, 3.05) is 26.7 Å². The Hall–Kier alpha value is -1.55. The van der Waals surface area contributed by atoms with Crippen LogP contribution in [-0.4, -0.2) is 37.6 Å². The van der Waals surface area contributed by atoms with E-state index in [1.807, 2.05) is 6.92 Å². The minimum absolute atomic E-state index is 0.321. The number of likely N-dealkylation sites (tertiary alicyclic amines) is 1. The SMILES string of the molecule is COc1cc(C2(C(=O)N3CCC(CN)CC3)CCCC2)ccc1C. The van der Waals surface area contributed by atoms with E-state index in [2.05, 4.69) is 23.1 Å². The van der Waals surface area contributed by atoms with Crippen LogP contribution in [0.1, 0.15) is 49.7 Å². The lowest BCUT2D eigenvalue weighted by Crippen LogP contribution is -2.49. The van der Waals surface area contributed by atoms with Crippen molar-refractivity contribution in [3.8, 4) is 5.75 Å². The van der Waals surface area contributed by atoms with Crippen LogP contribution < -0.4 is 10.5 Å². The van der Waals surface area contributed by atoms with Crippen LogP contribution in [0.15, 0.2) is 18.2 Å². The molecular formula is C20H30N2O2. The average Bonchev–Trinajstić information content (AvgIpc) is 3.12. The first-order chi connectivity index (χ1) is 11.6. The molecule has 4 heteroatoms. The zero-order valence-electron chi connectivity index (χ0n) is 15.0. The van der Waals surface area contributed by atoms with Crippen molar-refractivity contribution in [3.05, 3.63) is 29.3 Å². The van der Waals surface area contributed by atoms with Crippen molar-refractivity contribution in [2.45, 2.75) is 50.9 Å². The second kappa shape index (κ2) is 7.14. The van der Waals surface area contributed by atoms with Crippen molar-refractivity contribution in [2.24, 2.45) is 11.7 Å².